The Hall–Kier alpha value is -1.34. The summed E-state index contributed by atoms with van der Waals surface area (Å²) in [7, 11) is 0. The number of rotatable bonds is 1. The summed E-state index contributed by atoms with van der Waals surface area (Å²) in [6.07, 6.45) is 4.48. The Balaban J connectivity index is 2.21. The zero-order valence-corrected chi connectivity index (χ0v) is 12.2. The van der Waals surface area contributed by atoms with Crippen LogP contribution in [0.2, 0.25) is 0 Å². The number of hydrogen-bond acceptors (Lipinski definition) is 0. The minimum Gasteiger partial charge on any atom is -0.0767 e. The summed E-state index contributed by atoms with van der Waals surface area (Å²) in [6, 6.07) is 13.1. The van der Waals surface area contributed by atoms with Gasteiger partial charge in [0, 0.05) is 4.47 Å². The van der Waals surface area contributed by atoms with E-state index < -0.39 is 0 Å². The van der Waals surface area contributed by atoms with Crippen LogP contribution >= 0.6 is 15.9 Å². The van der Waals surface area contributed by atoms with Crippen molar-refractivity contribution in [3.63, 3.8) is 0 Å². The van der Waals surface area contributed by atoms with E-state index >= 15 is 0 Å². The lowest BCUT2D eigenvalue weighted by Gasteiger charge is -2.13. The second kappa shape index (κ2) is 4.40. The summed E-state index contributed by atoms with van der Waals surface area (Å²) < 4.78 is 1.18. The van der Waals surface area contributed by atoms with Crippen LogP contribution in [0.5, 0.6) is 0 Å². The normalized spacial score (nSPS) is 16.9. The molecule has 0 heterocycles. The van der Waals surface area contributed by atoms with E-state index in [9.17, 15) is 0 Å². The van der Waals surface area contributed by atoms with Gasteiger partial charge >= 0.3 is 0 Å². The van der Waals surface area contributed by atoms with Crippen LogP contribution in [0.3, 0.4) is 0 Å². The second-order valence-electron chi connectivity index (χ2n) is 4.92. The topological polar surface area (TPSA) is 0 Å². The number of allylic oxidation sites excluding steroid dienone is 1. The monoisotopic (exact) mass is 298 g/mol. The number of halogens is 1. The Morgan fingerprint density at radius 2 is 1.83 bits per heavy atom. The summed E-state index contributed by atoms with van der Waals surface area (Å²) in [4.78, 5) is 0. The average Bonchev–Trinajstić information content (AvgIpc) is 2.70. The van der Waals surface area contributed by atoms with Crippen LogP contribution in [0.15, 0.2) is 46.9 Å². The average molecular weight is 299 g/mol. The smallest absolute Gasteiger partial charge is 0.0259 e. The summed E-state index contributed by atoms with van der Waals surface area (Å²) in [6.45, 7) is 4.41. The lowest BCUT2D eigenvalue weighted by molar-refractivity contribution is 0.990. The zero-order valence-electron chi connectivity index (χ0n) is 10.6. The highest BCUT2D eigenvalue weighted by molar-refractivity contribution is 9.10. The molecule has 0 saturated heterocycles. The van der Waals surface area contributed by atoms with Crippen molar-refractivity contribution in [2.75, 3.05) is 0 Å². The molecule has 0 aliphatic heterocycles. The number of fused-ring (bicyclic) bond motifs is 1. The van der Waals surface area contributed by atoms with Crippen LogP contribution in [-0.2, 0) is 0 Å². The molecule has 0 fully saturated rings. The Bertz CT molecular complexity index is 638. The first-order valence-electron chi connectivity index (χ1n) is 6.24. The molecule has 1 aliphatic carbocycles. The fraction of sp³-hybridized carbons (Fsp3) is 0.176. The standard InChI is InChI=1S/C17H15Br/c1-11-5-3-4-6-14(11)16-10-15-12(2)7-8-13(15)9-17(16)18/h3-10,12H,1-2H3. The predicted octanol–water partition coefficient (Wildman–Crippen LogP) is 5.55. The third-order valence-electron chi connectivity index (χ3n) is 3.66. The fourth-order valence-corrected chi connectivity index (χ4v) is 3.15. The van der Waals surface area contributed by atoms with Gasteiger partial charge in [0.25, 0.3) is 0 Å². The first kappa shape index (κ1) is 11.7. The molecule has 1 heteroatoms. The summed E-state index contributed by atoms with van der Waals surface area (Å²) >= 11 is 3.71. The molecule has 0 aromatic heterocycles. The third kappa shape index (κ3) is 1.83. The van der Waals surface area contributed by atoms with E-state index in [1.54, 1.807) is 0 Å². The largest absolute Gasteiger partial charge is 0.0767 e. The highest BCUT2D eigenvalue weighted by atomic mass is 79.9. The minimum absolute atomic E-state index is 0.524. The van der Waals surface area contributed by atoms with Crippen molar-refractivity contribution in [3.8, 4) is 11.1 Å². The third-order valence-corrected chi connectivity index (χ3v) is 4.32. The summed E-state index contributed by atoms with van der Waals surface area (Å²) in [5.74, 6) is 0.524. The molecule has 1 atom stereocenters. The molecule has 0 radical (unpaired) electrons. The molecular formula is C17H15Br. The molecular weight excluding hydrogens is 284 g/mol. The Labute approximate surface area is 116 Å². The SMILES string of the molecule is Cc1ccccc1-c1cc2c(cc1Br)C=CC2C. The van der Waals surface area contributed by atoms with Crippen molar-refractivity contribution in [1.82, 2.24) is 0 Å². The Kier molecular flexibility index (Phi) is 2.87. The molecule has 1 unspecified atom stereocenters. The quantitative estimate of drug-likeness (QED) is 0.647. The summed E-state index contributed by atoms with van der Waals surface area (Å²) in [5.41, 5.74) is 6.69. The van der Waals surface area contributed by atoms with Crippen LogP contribution in [-0.4, -0.2) is 0 Å². The maximum absolute atomic E-state index is 3.71. The van der Waals surface area contributed by atoms with Crippen LogP contribution in [0, 0.1) is 6.92 Å². The van der Waals surface area contributed by atoms with Crippen LogP contribution in [0.1, 0.15) is 29.5 Å². The lowest BCUT2D eigenvalue weighted by Crippen LogP contribution is -1.91. The molecule has 0 N–H and O–H groups in total. The van der Waals surface area contributed by atoms with Gasteiger partial charge in [0.15, 0.2) is 0 Å². The van der Waals surface area contributed by atoms with Crippen molar-refractivity contribution >= 4 is 22.0 Å². The molecule has 2 aromatic rings. The van der Waals surface area contributed by atoms with Gasteiger partial charge < -0.3 is 0 Å². The molecule has 2 aromatic carbocycles. The Morgan fingerprint density at radius 1 is 1.06 bits per heavy atom. The van der Waals surface area contributed by atoms with E-state index in [2.05, 4.69) is 78.3 Å². The van der Waals surface area contributed by atoms with Crippen molar-refractivity contribution in [3.05, 3.63) is 63.6 Å². The molecule has 3 rings (SSSR count). The Morgan fingerprint density at radius 3 is 2.61 bits per heavy atom. The van der Waals surface area contributed by atoms with E-state index in [-0.39, 0.29) is 0 Å². The van der Waals surface area contributed by atoms with Crippen LogP contribution in [0.4, 0.5) is 0 Å². The van der Waals surface area contributed by atoms with E-state index in [4.69, 9.17) is 0 Å². The molecule has 18 heavy (non-hydrogen) atoms. The maximum atomic E-state index is 3.71. The van der Waals surface area contributed by atoms with Gasteiger partial charge in [-0.2, -0.15) is 0 Å². The van der Waals surface area contributed by atoms with Gasteiger partial charge in [-0.3, -0.25) is 0 Å². The van der Waals surface area contributed by atoms with Gasteiger partial charge in [-0.15, -0.1) is 0 Å². The number of benzene rings is 2. The lowest BCUT2D eigenvalue weighted by atomic mass is 9.94. The van der Waals surface area contributed by atoms with Gasteiger partial charge in [-0.05, 0) is 52.8 Å². The minimum atomic E-state index is 0.524. The van der Waals surface area contributed by atoms with Gasteiger partial charge in [-0.25, -0.2) is 0 Å². The summed E-state index contributed by atoms with van der Waals surface area (Å²) in [5, 5.41) is 0. The second-order valence-corrected chi connectivity index (χ2v) is 5.78. The van der Waals surface area contributed by atoms with Gasteiger partial charge in [0.1, 0.15) is 0 Å². The number of hydrogen-bond donors (Lipinski definition) is 0. The predicted molar refractivity (Wildman–Crippen MR) is 81.8 cm³/mol. The van der Waals surface area contributed by atoms with E-state index in [1.807, 2.05) is 0 Å². The molecule has 0 amide bonds. The molecule has 1 aliphatic rings. The first-order chi connectivity index (χ1) is 8.66. The highest BCUT2D eigenvalue weighted by Gasteiger charge is 2.16. The fourth-order valence-electron chi connectivity index (χ4n) is 2.58. The molecule has 0 nitrogen and oxygen atoms in total. The van der Waals surface area contributed by atoms with Crippen LogP contribution < -0.4 is 0 Å². The van der Waals surface area contributed by atoms with Crippen molar-refractivity contribution in [2.24, 2.45) is 0 Å². The van der Waals surface area contributed by atoms with Gasteiger partial charge in [0.05, 0.1) is 0 Å². The number of aryl methyl sites for hydroxylation is 1. The molecule has 0 saturated carbocycles. The van der Waals surface area contributed by atoms with Crippen molar-refractivity contribution in [2.45, 2.75) is 19.8 Å². The van der Waals surface area contributed by atoms with E-state index in [1.165, 1.54) is 32.3 Å². The van der Waals surface area contributed by atoms with Gasteiger partial charge in [-0.1, -0.05) is 59.3 Å². The van der Waals surface area contributed by atoms with E-state index in [0.29, 0.717) is 5.92 Å². The molecule has 0 bridgehead atoms. The van der Waals surface area contributed by atoms with Gasteiger partial charge in [0.2, 0.25) is 0 Å². The van der Waals surface area contributed by atoms with Crippen LogP contribution in [0.25, 0.3) is 17.2 Å². The van der Waals surface area contributed by atoms with Crippen molar-refractivity contribution < 1.29 is 0 Å². The molecule has 0 spiro atoms. The van der Waals surface area contributed by atoms with E-state index in [0.717, 1.165) is 0 Å². The zero-order chi connectivity index (χ0) is 12.7. The highest BCUT2D eigenvalue weighted by Crippen LogP contribution is 2.38. The van der Waals surface area contributed by atoms with Crippen molar-refractivity contribution in [1.29, 1.82) is 0 Å². The molecule has 90 valence electrons. The maximum Gasteiger partial charge on any atom is 0.0259 e. The first-order valence-corrected chi connectivity index (χ1v) is 7.04.